The van der Waals surface area contributed by atoms with Crippen LogP contribution in [0.2, 0.25) is 0 Å². The molecule has 0 unspecified atom stereocenters. The first-order valence-corrected chi connectivity index (χ1v) is 11.9. The largest absolute Gasteiger partial charge is 0.353 e. The average Bonchev–Trinajstić information content (AvgIpc) is 3.41. The highest BCUT2D eigenvalue weighted by molar-refractivity contribution is 7.13. The summed E-state index contributed by atoms with van der Waals surface area (Å²) in [5, 5.41) is 15.6. The van der Waals surface area contributed by atoms with Gasteiger partial charge < -0.3 is 5.32 Å². The van der Waals surface area contributed by atoms with Crippen molar-refractivity contribution < 1.29 is 4.79 Å². The predicted octanol–water partition coefficient (Wildman–Crippen LogP) is 3.17. The molecule has 0 bridgehead atoms. The number of nitrogens with zero attached hydrogens (tertiary/aromatic N) is 4. The van der Waals surface area contributed by atoms with E-state index in [1.54, 1.807) is 12.1 Å². The molecule has 0 aliphatic rings. The van der Waals surface area contributed by atoms with Crippen molar-refractivity contribution in [3.05, 3.63) is 105 Å². The third-order valence-electron chi connectivity index (χ3n) is 5.49. The summed E-state index contributed by atoms with van der Waals surface area (Å²) in [6.07, 6.45) is 0. The lowest BCUT2D eigenvalue weighted by molar-refractivity contribution is -0.121. The van der Waals surface area contributed by atoms with E-state index in [0.29, 0.717) is 11.4 Å². The number of aromatic nitrogens is 4. The molecule has 1 N–H and O–H groups in total. The van der Waals surface area contributed by atoms with E-state index in [1.165, 1.54) is 28.2 Å². The average molecular weight is 484 g/mol. The SMILES string of the molecule is O=C(Cn1nc(-c2ccc3ccccc3c2)ccc1=O)NCCn1nc(-c2cccs2)ccc1=O. The molecule has 174 valence electrons. The number of carbonyl (C=O) groups excluding carboxylic acids is 1. The molecule has 0 saturated carbocycles. The zero-order valence-corrected chi connectivity index (χ0v) is 19.4. The van der Waals surface area contributed by atoms with Crippen LogP contribution >= 0.6 is 11.3 Å². The molecule has 1 amide bonds. The van der Waals surface area contributed by atoms with E-state index < -0.39 is 0 Å². The van der Waals surface area contributed by atoms with Crippen LogP contribution in [-0.2, 0) is 17.9 Å². The Labute approximate surface area is 204 Å². The Balaban J connectivity index is 1.25. The van der Waals surface area contributed by atoms with Gasteiger partial charge >= 0.3 is 0 Å². The van der Waals surface area contributed by atoms with Crippen LogP contribution in [-0.4, -0.2) is 32.0 Å². The first-order valence-electron chi connectivity index (χ1n) is 11.0. The van der Waals surface area contributed by atoms with Crippen LogP contribution in [0, 0.1) is 0 Å². The van der Waals surface area contributed by atoms with Crippen molar-refractivity contribution in [3.8, 4) is 21.8 Å². The molecule has 0 aliphatic carbocycles. The second kappa shape index (κ2) is 9.86. The number of benzene rings is 2. The summed E-state index contributed by atoms with van der Waals surface area (Å²) in [6, 6.07) is 24.0. The Morgan fingerprint density at radius 3 is 2.34 bits per heavy atom. The lowest BCUT2D eigenvalue weighted by Gasteiger charge is -2.10. The van der Waals surface area contributed by atoms with Crippen LogP contribution in [0.1, 0.15) is 0 Å². The minimum atomic E-state index is -0.377. The molecule has 0 fully saturated rings. The van der Waals surface area contributed by atoms with E-state index >= 15 is 0 Å². The van der Waals surface area contributed by atoms with Crippen molar-refractivity contribution in [3.63, 3.8) is 0 Å². The first kappa shape index (κ1) is 22.4. The standard InChI is InChI=1S/C26H21N5O3S/c32-24(27-13-14-30-25(33)12-10-22(29-30)23-6-3-15-35-23)17-31-26(34)11-9-21(28-31)20-8-7-18-4-1-2-5-19(18)16-20/h1-12,15-16H,13-14,17H2,(H,27,32). The monoisotopic (exact) mass is 483 g/mol. The highest BCUT2D eigenvalue weighted by Crippen LogP contribution is 2.22. The summed E-state index contributed by atoms with van der Waals surface area (Å²) < 4.78 is 2.46. The van der Waals surface area contributed by atoms with Gasteiger partial charge in [0.2, 0.25) is 5.91 Å². The molecule has 0 atom stereocenters. The van der Waals surface area contributed by atoms with Gasteiger partial charge in [-0.25, -0.2) is 9.36 Å². The number of nitrogens with one attached hydrogen (secondary N) is 1. The van der Waals surface area contributed by atoms with Crippen LogP contribution in [0.25, 0.3) is 32.6 Å². The van der Waals surface area contributed by atoms with Crippen molar-refractivity contribution in [2.24, 2.45) is 0 Å². The molecule has 0 saturated heterocycles. The third-order valence-corrected chi connectivity index (χ3v) is 6.38. The zero-order valence-electron chi connectivity index (χ0n) is 18.6. The number of carbonyl (C=O) groups is 1. The zero-order chi connectivity index (χ0) is 24.2. The quantitative estimate of drug-likeness (QED) is 0.383. The predicted molar refractivity (Wildman–Crippen MR) is 136 cm³/mol. The van der Waals surface area contributed by atoms with E-state index in [0.717, 1.165) is 25.9 Å². The minimum Gasteiger partial charge on any atom is -0.353 e. The van der Waals surface area contributed by atoms with E-state index in [2.05, 4.69) is 15.5 Å². The Hall–Kier alpha value is -4.37. The first-order chi connectivity index (χ1) is 17.1. The summed E-state index contributed by atoms with van der Waals surface area (Å²) in [6.45, 7) is 0.180. The van der Waals surface area contributed by atoms with Crippen LogP contribution in [0.4, 0.5) is 0 Å². The summed E-state index contributed by atoms with van der Waals surface area (Å²) in [5.74, 6) is -0.377. The number of thiophene rings is 1. The smallest absolute Gasteiger partial charge is 0.267 e. The number of hydrogen-bond acceptors (Lipinski definition) is 6. The number of hydrogen-bond donors (Lipinski definition) is 1. The molecular formula is C26H21N5O3S. The molecule has 2 aromatic carbocycles. The summed E-state index contributed by atoms with van der Waals surface area (Å²) >= 11 is 1.53. The van der Waals surface area contributed by atoms with Gasteiger partial charge in [-0.1, -0.05) is 42.5 Å². The van der Waals surface area contributed by atoms with E-state index in [9.17, 15) is 14.4 Å². The van der Waals surface area contributed by atoms with E-state index in [1.807, 2.05) is 60.0 Å². The van der Waals surface area contributed by atoms with E-state index in [-0.39, 0.29) is 36.7 Å². The number of rotatable bonds is 7. The maximum atomic E-state index is 12.5. The lowest BCUT2D eigenvalue weighted by Crippen LogP contribution is -2.36. The fourth-order valence-corrected chi connectivity index (χ4v) is 4.41. The molecule has 5 rings (SSSR count). The Bertz CT molecular complexity index is 1620. The molecule has 0 radical (unpaired) electrons. The molecule has 35 heavy (non-hydrogen) atoms. The highest BCUT2D eigenvalue weighted by atomic mass is 32.1. The maximum Gasteiger partial charge on any atom is 0.267 e. The van der Waals surface area contributed by atoms with Crippen LogP contribution in [0.5, 0.6) is 0 Å². The van der Waals surface area contributed by atoms with Gasteiger partial charge in [0.25, 0.3) is 11.1 Å². The van der Waals surface area contributed by atoms with Gasteiger partial charge in [0.05, 0.1) is 17.1 Å². The normalized spacial score (nSPS) is 11.0. The van der Waals surface area contributed by atoms with Gasteiger partial charge in [-0.2, -0.15) is 10.2 Å². The second-order valence-electron chi connectivity index (χ2n) is 7.88. The summed E-state index contributed by atoms with van der Waals surface area (Å²) in [5.41, 5.74) is 1.54. The van der Waals surface area contributed by atoms with Crippen molar-refractivity contribution in [2.45, 2.75) is 13.1 Å². The van der Waals surface area contributed by atoms with Crippen molar-refractivity contribution in [2.75, 3.05) is 6.54 Å². The van der Waals surface area contributed by atoms with Crippen molar-refractivity contribution in [1.82, 2.24) is 24.9 Å². The Kier molecular flexibility index (Phi) is 6.32. The van der Waals surface area contributed by atoms with Gasteiger partial charge in [-0.15, -0.1) is 11.3 Å². The molecule has 8 nitrogen and oxygen atoms in total. The molecule has 3 heterocycles. The Morgan fingerprint density at radius 1 is 0.800 bits per heavy atom. The van der Waals surface area contributed by atoms with Crippen molar-refractivity contribution >= 4 is 28.0 Å². The molecule has 0 aliphatic heterocycles. The maximum absolute atomic E-state index is 12.5. The van der Waals surface area contributed by atoms with Gasteiger partial charge in [0, 0.05) is 24.2 Å². The highest BCUT2D eigenvalue weighted by Gasteiger charge is 2.10. The molecular weight excluding hydrogens is 462 g/mol. The topological polar surface area (TPSA) is 98.9 Å². The van der Waals surface area contributed by atoms with Crippen molar-refractivity contribution in [1.29, 1.82) is 0 Å². The molecule has 9 heteroatoms. The number of amides is 1. The molecule has 3 aromatic heterocycles. The molecule has 5 aromatic rings. The van der Waals surface area contributed by atoms with E-state index in [4.69, 9.17) is 0 Å². The minimum absolute atomic E-state index is 0.193. The van der Waals surface area contributed by atoms with Gasteiger partial charge in [-0.3, -0.25) is 14.4 Å². The van der Waals surface area contributed by atoms with Crippen LogP contribution in [0.15, 0.2) is 93.8 Å². The third kappa shape index (κ3) is 5.10. The van der Waals surface area contributed by atoms with Gasteiger partial charge in [-0.05, 0) is 40.4 Å². The number of fused-ring (bicyclic) bond motifs is 1. The van der Waals surface area contributed by atoms with Gasteiger partial charge in [0.1, 0.15) is 12.2 Å². The lowest BCUT2D eigenvalue weighted by atomic mass is 10.1. The molecule has 0 spiro atoms. The second-order valence-corrected chi connectivity index (χ2v) is 8.83. The summed E-state index contributed by atoms with van der Waals surface area (Å²) in [4.78, 5) is 37.9. The fourth-order valence-electron chi connectivity index (χ4n) is 3.72. The fraction of sp³-hybridized carbons (Fsp3) is 0.115. The van der Waals surface area contributed by atoms with Crippen LogP contribution in [0.3, 0.4) is 0 Å². The Morgan fingerprint density at radius 2 is 1.54 bits per heavy atom. The van der Waals surface area contributed by atoms with Gasteiger partial charge in [0.15, 0.2) is 0 Å². The summed E-state index contributed by atoms with van der Waals surface area (Å²) in [7, 11) is 0. The van der Waals surface area contributed by atoms with Crippen LogP contribution < -0.4 is 16.4 Å².